The molecule has 0 unspecified atom stereocenters. The molecule has 0 heterocycles. The first kappa shape index (κ1) is 14.5. The zero-order chi connectivity index (χ0) is 13.8. The molecule has 3 nitrogen and oxygen atoms in total. The molecule has 0 aliphatic heterocycles. The van der Waals surface area contributed by atoms with Gasteiger partial charge in [-0.05, 0) is 52.9 Å². The molecule has 0 saturated heterocycles. The van der Waals surface area contributed by atoms with Crippen molar-refractivity contribution >= 4 is 21.8 Å². The summed E-state index contributed by atoms with van der Waals surface area (Å²) in [6.45, 7) is 1.83. The average molecular weight is 330 g/mol. The fourth-order valence-electron chi connectivity index (χ4n) is 1.69. The van der Waals surface area contributed by atoms with Crippen molar-refractivity contribution in [3.8, 4) is 0 Å². The molecule has 19 heavy (non-hydrogen) atoms. The zero-order valence-corrected chi connectivity index (χ0v) is 12.5. The fraction of sp³-hybridized carbons (Fsp3) is 0.500. The second-order valence-electron chi connectivity index (χ2n) is 4.87. The Morgan fingerprint density at radius 1 is 1.53 bits per heavy atom. The molecule has 1 amide bonds. The van der Waals surface area contributed by atoms with E-state index >= 15 is 0 Å². The van der Waals surface area contributed by atoms with E-state index in [-0.39, 0.29) is 5.91 Å². The first-order valence-electron chi connectivity index (χ1n) is 6.36. The van der Waals surface area contributed by atoms with Crippen molar-refractivity contribution in [1.82, 2.24) is 4.90 Å². The lowest BCUT2D eigenvalue weighted by molar-refractivity contribution is 0.0680. The van der Waals surface area contributed by atoms with Gasteiger partial charge >= 0.3 is 0 Å². The summed E-state index contributed by atoms with van der Waals surface area (Å²) in [5, 5.41) is 0. The second kappa shape index (κ2) is 6.48. The third kappa shape index (κ3) is 4.28. The number of hydrogen-bond acceptors (Lipinski definition) is 2. The maximum Gasteiger partial charge on any atom is 0.253 e. The Kier molecular flexibility index (Phi) is 4.93. The smallest absolute Gasteiger partial charge is 0.253 e. The average Bonchev–Trinajstić information content (AvgIpc) is 3.21. The molecule has 0 spiro atoms. The highest BCUT2D eigenvalue weighted by Gasteiger charge is 2.21. The minimum absolute atomic E-state index is 0.193. The first-order valence-corrected chi connectivity index (χ1v) is 7.15. The number of rotatable bonds is 6. The molecule has 1 fully saturated rings. The predicted octanol–water partition coefficient (Wildman–Crippen LogP) is 3.09. The molecule has 1 aromatic rings. The Morgan fingerprint density at radius 3 is 2.89 bits per heavy atom. The van der Waals surface area contributed by atoms with Crippen molar-refractivity contribution in [2.75, 3.05) is 26.8 Å². The van der Waals surface area contributed by atoms with Crippen LogP contribution >= 0.6 is 15.9 Å². The van der Waals surface area contributed by atoms with Crippen molar-refractivity contribution in [1.29, 1.82) is 0 Å². The van der Waals surface area contributed by atoms with E-state index in [2.05, 4.69) is 15.9 Å². The summed E-state index contributed by atoms with van der Waals surface area (Å²) in [6, 6.07) is 4.39. The van der Waals surface area contributed by atoms with Gasteiger partial charge in [0.25, 0.3) is 5.91 Å². The molecule has 1 saturated carbocycles. The highest BCUT2D eigenvalue weighted by atomic mass is 79.9. The zero-order valence-electron chi connectivity index (χ0n) is 10.9. The van der Waals surface area contributed by atoms with Gasteiger partial charge in [0.05, 0.1) is 11.1 Å². The predicted molar refractivity (Wildman–Crippen MR) is 74.6 cm³/mol. The molecular formula is C14H17BrFNO2. The van der Waals surface area contributed by atoms with Crippen LogP contribution in [0.4, 0.5) is 4.39 Å². The van der Waals surface area contributed by atoms with E-state index in [0.717, 1.165) is 12.5 Å². The van der Waals surface area contributed by atoms with Gasteiger partial charge in [-0.15, -0.1) is 0 Å². The van der Waals surface area contributed by atoms with Gasteiger partial charge in [0.15, 0.2) is 0 Å². The van der Waals surface area contributed by atoms with Crippen LogP contribution < -0.4 is 0 Å². The lowest BCUT2D eigenvalue weighted by atomic mass is 10.2. The topological polar surface area (TPSA) is 29.5 Å². The number of likely N-dealkylation sites (N-methyl/N-ethyl adjacent to an activating group) is 1. The van der Waals surface area contributed by atoms with Gasteiger partial charge in [-0.2, -0.15) is 0 Å². The summed E-state index contributed by atoms with van der Waals surface area (Å²) >= 11 is 3.07. The van der Waals surface area contributed by atoms with E-state index < -0.39 is 5.82 Å². The minimum atomic E-state index is -0.427. The normalized spacial score (nSPS) is 14.5. The maximum atomic E-state index is 13.4. The number of ether oxygens (including phenoxy) is 1. The third-order valence-corrected chi connectivity index (χ3v) is 3.78. The van der Waals surface area contributed by atoms with Crippen molar-refractivity contribution in [2.24, 2.45) is 5.92 Å². The highest BCUT2D eigenvalue weighted by molar-refractivity contribution is 9.10. The van der Waals surface area contributed by atoms with Crippen LogP contribution in [0.15, 0.2) is 22.7 Å². The Labute approximate surface area is 120 Å². The molecular weight excluding hydrogens is 313 g/mol. The van der Waals surface area contributed by atoms with E-state index in [1.807, 2.05) is 0 Å². The van der Waals surface area contributed by atoms with Crippen LogP contribution in [0.2, 0.25) is 0 Å². The number of halogens is 2. The van der Waals surface area contributed by atoms with Crippen molar-refractivity contribution in [3.05, 3.63) is 34.1 Å². The van der Waals surface area contributed by atoms with Gasteiger partial charge in [-0.1, -0.05) is 0 Å². The summed E-state index contributed by atoms with van der Waals surface area (Å²) in [6.07, 6.45) is 2.51. The summed E-state index contributed by atoms with van der Waals surface area (Å²) in [5.74, 6) is 0.104. The van der Waals surface area contributed by atoms with Crippen LogP contribution in [0.3, 0.4) is 0 Å². The molecule has 2 rings (SSSR count). The number of nitrogens with zero attached hydrogens (tertiary/aromatic N) is 1. The number of carbonyl (C=O) groups excluding carboxylic acids is 1. The summed E-state index contributed by atoms with van der Waals surface area (Å²) in [7, 11) is 1.70. The minimum Gasteiger partial charge on any atom is -0.379 e. The molecule has 0 atom stereocenters. The van der Waals surface area contributed by atoms with Gasteiger partial charge in [-0.3, -0.25) is 4.79 Å². The molecule has 1 aliphatic carbocycles. The Hall–Kier alpha value is -0.940. The van der Waals surface area contributed by atoms with Crippen LogP contribution in [0.5, 0.6) is 0 Å². The van der Waals surface area contributed by atoms with Crippen molar-refractivity contribution < 1.29 is 13.9 Å². The largest absolute Gasteiger partial charge is 0.379 e. The summed E-state index contributed by atoms with van der Waals surface area (Å²) in [5.41, 5.74) is 0.352. The van der Waals surface area contributed by atoms with E-state index in [9.17, 15) is 9.18 Å². The van der Waals surface area contributed by atoms with E-state index in [4.69, 9.17) is 4.74 Å². The molecule has 0 radical (unpaired) electrons. The third-order valence-electron chi connectivity index (χ3n) is 3.13. The van der Waals surface area contributed by atoms with Crippen LogP contribution in [-0.2, 0) is 4.74 Å². The number of hydrogen-bond donors (Lipinski definition) is 0. The van der Waals surface area contributed by atoms with Crippen LogP contribution in [0.1, 0.15) is 23.2 Å². The monoisotopic (exact) mass is 329 g/mol. The van der Waals surface area contributed by atoms with Crippen molar-refractivity contribution in [3.63, 3.8) is 0 Å². The van der Waals surface area contributed by atoms with Crippen LogP contribution in [-0.4, -0.2) is 37.6 Å². The lowest BCUT2D eigenvalue weighted by Gasteiger charge is -2.17. The summed E-state index contributed by atoms with van der Waals surface area (Å²) in [4.78, 5) is 13.6. The molecule has 1 aliphatic rings. The number of amides is 1. The standard InChI is InChI=1S/C14H17BrFNO2/c1-17(6-7-19-9-10-2-3-10)14(18)11-4-5-12(15)13(16)8-11/h4-5,8,10H,2-3,6-7,9H2,1H3. The fourth-order valence-corrected chi connectivity index (χ4v) is 1.93. The number of carbonyl (C=O) groups is 1. The molecule has 1 aromatic carbocycles. The molecule has 0 bridgehead atoms. The lowest BCUT2D eigenvalue weighted by Crippen LogP contribution is -2.30. The first-order chi connectivity index (χ1) is 9.08. The second-order valence-corrected chi connectivity index (χ2v) is 5.73. The van der Waals surface area contributed by atoms with E-state index in [1.165, 1.54) is 18.9 Å². The quantitative estimate of drug-likeness (QED) is 0.750. The van der Waals surface area contributed by atoms with E-state index in [1.54, 1.807) is 24.1 Å². The van der Waals surface area contributed by atoms with Gasteiger partial charge < -0.3 is 9.64 Å². The molecule has 5 heteroatoms. The van der Waals surface area contributed by atoms with Gasteiger partial charge in [0, 0.05) is 25.8 Å². The van der Waals surface area contributed by atoms with Gasteiger partial charge in [0.2, 0.25) is 0 Å². The SMILES string of the molecule is CN(CCOCC1CC1)C(=O)c1ccc(Br)c(F)c1. The summed E-state index contributed by atoms with van der Waals surface area (Å²) < 4.78 is 19.2. The van der Waals surface area contributed by atoms with Crippen LogP contribution in [0.25, 0.3) is 0 Å². The molecule has 0 aromatic heterocycles. The van der Waals surface area contributed by atoms with Crippen molar-refractivity contribution in [2.45, 2.75) is 12.8 Å². The van der Waals surface area contributed by atoms with Gasteiger partial charge in [-0.25, -0.2) is 4.39 Å². The van der Waals surface area contributed by atoms with E-state index in [0.29, 0.717) is 23.2 Å². The van der Waals surface area contributed by atoms with Crippen LogP contribution in [0, 0.1) is 11.7 Å². The Bertz CT molecular complexity index is 463. The Morgan fingerprint density at radius 2 is 2.26 bits per heavy atom. The molecule has 0 N–H and O–H groups in total. The maximum absolute atomic E-state index is 13.4. The van der Waals surface area contributed by atoms with Gasteiger partial charge in [0.1, 0.15) is 5.82 Å². The number of benzene rings is 1. The highest BCUT2D eigenvalue weighted by Crippen LogP contribution is 2.28. The molecule has 104 valence electrons. The Balaban J connectivity index is 1.81.